The van der Waals surface area contributed by atoms with Crippen molar-refractivity contribution >= 4 is 33.0 Å². The van der Waals surface area contributed by atoms with Crippen molar-refractivity contribution in [1.82, 2.24) is 14.5 Å². The van der Waals surface area contributed by atoms with Crippen molar-refractivity contribution in [3.05, 3.63) is 259 Å². The van der Waals surface area contributed by atoms with Gasteiger partial charge in [-0.25, -0.2) is 4.98 Å². The normalized spacial score (nSPS) is 12.6. The molecule has 3 aromatic heterocycles. The van der Waals surface area contributed by atoms with E-state index in [0.717, 1.165) is 83.4 Å². The fourth-order valence-corrected chi connectivity index (χ4v) is 10.7. The number of aliphatic hydroxyl groups is 1. The van der Waals surface area contributed by atoms with E-state index < -0.39 is 5.60 Å². The number of hydrogen-bond donors (Lipinski definition) is 1. The monoisotopic (exact) mass is 945 g/mol. The van der Waals surface area contributed by atoms with Gasteiger partial charge in [-0.2, -0.15) is 0 Å². The maximum absolute atomic E-state index is 13.4. The average Bonchev–Trinajstić information content (AvgIpc) is 4.02. The molecule has 354 valence electrons. The summed E-state index contributed by atoms with van der Waals surface area (Å²) in [6, 6.07) is 78.4. The van der Waals surface area contributed by atoms with Gasteiger partial charge < -0.3 is 9.52 Å². The molecule has 0 radical (unpaired) electrons. The second-order valence-electron chi connectivity index (χ2n) is 19.9. The van der Waals surface area contributed by atoms with Crippen molar-refractivity contribution in [2.45, 2.75) is 51.6 Å². The fraction of sp³-hybridized carbons (Fsp3) is 0.118. The zero-order valence-corrected chi connectivity index (χ0v) is 41.5. The molecule has 0 spiro atoms. The number of pyridine rings is 1. The van der Waals surface area contributed by atoms with Crippen molar-refractivity contribution in [2.24, 2.45) is 0 Å². The first-order chi connectivity index (χ1) is 35.7. The summed E-state index contributed by atoms with van der Waals surface area (Å²) in [6.07, 6.45) is 1.99. The molecule has 0 fully saturated rings. The van der Waals surface area contributed by atoms with Crippen LogP contribution in [0.4, 0.5) is 0 Å². The van der Waals surface area contributed by atoms with Gasteiger partial charge in [0.2, 0.25) is 0 Å². The third kappa shape index (κ3) is 8.42. The fourth-order valence-electron chi connectivity index (χ4n) is 10.7. The third-order valence-corrected chi connectivity index (χ3v) is 14.5. The van der Waals surface area contributed by atoms with E-state index in [1.807, 2.05) is 54.6 Å². The first-order valence-electron chi connectivity index (χ1n) is 25.4. The highest BCUT2D eigenvalue weighted by Gasteiger charge is 2.35. The summed E-state index contributed by atoms with van der Waals surface area (Å²) in [4.78, 5) is 10.4. The lowest BCUT2D eigenvalue weighted by Crippen LogP contribution is -2.31. The van der Waals surface area contributed by atoms with Gasteiger partial charge >= 0.3 is 0 Å². The Bertz CT molecular complexity index is 3890. The van der Waals surface area contributed by atoms with Crippen LogP contribution >= 0.6 is 0 Å². The van der Waals surface area contributed by atoms with Crippen molar-refractivity contribution in [3.63, 3.8) is 0 Å². The molecule has 1 atom stereocenters. The van der Waals surface area contributed by atoms with E-state index in [9.17, 15) is 5.11 Å². The van der Waals surface area contributed by atoms with E-state index in [1.165, 1.54) is 33.4 Å². The molecule has 0 saturated carbocycles. The standard InChI is InChI=1S/C68H55N3O2/c1-44(2)56-41-54(52-29-27-50(28-30-52)47-18-8-5-9-19-47)42-57(45(3)4)65(56)71-62-25-15-14-24-61(62)70-67(71)60-39-46(38-59-58-40-53(49-22-12-7-13-23-49)33-36-63(58)73-66(59)60)43-68(72,64-26-16-17-37-69-64)55-34-31-51(32-35-55)48-20-10-6-11-21-48/h5-42,44-45,72H,43H2,1-4H3. The number of aromatic nitrogens is 3. The second kappa shape index (κ2) is 18.8. The van der Waals surface area contributed by atoms with Crippen LogP contribution in [-0.2, 0) is 12.0 Å². The van der Waals surface area contributed by atoms with Gasteiger partial charge in [-0.15, -0.1) is 0 Å². The first-order valence-corrected chi connectivity index (χ1v) is 25.4. The number of hydrogen-bond acceptors (Lipinski definition) is 4. The van der Waals surface area contributed by atoms with Crippen molar-refractivity contribution < 1.29 is 9.52 Å². The van der Waals surface area contributed by atoms with Crippen LogP contribution in [-0.4, -0.2) is 19.6 Å². The van der Waals surface area contributed by atoms with Gasteiger partial charge in [0.25, 0.3) is 0 Å². The molecule has 0 aliphatic heterocycles. The summed E-state index contributed by atoms with van der Waals surface area (Å²) in [5, 5.41) is 15.3. The molecule has 5 nitrogen and oxygen atoms in total. The van der Waals surface area contributed by atoms with Crippen molar-refractivity contribution in [3.8, 4) is 61.6 Å². The summed E-state index contributed by atoms with van der Waals surface area (Å²) < 4.78 is 9.46. The first kappa shape index (κ1) is 45.5. The molecular formula is C68H55N3O2. The van der Waals surface area contributed by atoms with E-state index in [2.05, 4.69) is 202 Å². The highest BCUT2D eigenvalue weighted by atomic mass is 16.3. The summed E-state index contributed by atoms with van der Waals surface area (Å²) >= 11 is 0. The Kier molecular flexibility index (Phi) is 11.7. The van der Waals surface area contributed by atoms with E-state index in [0.29, 0.717) is 5.69 Å². The topological polar surface area (TPSA) is 64.1 Å². The minimum absolute atomic E-state index is 0.167. The van der Waals surface area contributed by atoms with Crippen molar-refractivity contribution in [1.29, 1.82) is 0 Å². The lowest BCUT2D eigenvalue weighted by atomic mass is 9.82. The molecule has 0 bridgehead atoms. The van der Waals surface area contributed by atoms with Gasteiger partial charge in [-0.3, -0.25) is 9.55 Å². The van der Waals surface area contributed by atoms with Crippen LogP contribution in [0.5, 0.6) is 0 Å². The predicted molar refractivity (Wildman–Crippen MR) is 301 cm³/mol. The Morgan fingerprint density at radius 3 is 1.60 bits per heavy atom. The molecule has 0 amide bonds. The van der Waals surface area contributed by atoms with E-state index in [-0.39, 0.29) is 18.3 Å². The van der Waals surface area contributed by atoms with Gasteiger partial charge in [0.15, 0.2) is 0 Å². The number of fused-ring (bicyclic) bond motifs is 4. The smallest absolute Gasteiger partial charge is 0.149 e. The molecule has 9 aromatic carbocycles. The molecule has 5 heteroatoms. The molecule has 0 saturated heterocycles. The molecule has 0 aliphatic carbocycles. The zero-order chi connectivity index (χ0) is 49.6. The third-order valence-electron chi connectivity index (χ3n) is 14.5. The summed E-state index contributed by atoms with van der Waals surface area (Å²) in [7, 11) is 0. The molecule has 73 heavy (non-hydrogen) atoms. The Morgan fingerprint density at radius 2 is 1.01 bits per heavy atom. The lowest BCUT2D eigenvalue weighted by molar-refractivity contribution is 0.0765. The number of para-hydroxylation sites is 2. The number of benzene rings is 9. The summed E-state index contributed by atoms with van der Waals surface area (Å²) in [5.41, 5.74) is 17.7. The second-order valence-corrected chi connectivity index (χ2v) is 19.9. The van der Waals surface area contributed by atoms with Crippen LogP contribution in [0.25, 0.3) is 94.6 Å². The molecule has 1 unspecified atom stereocenters. The Morgan fingerprint density at radius 1 is 0.493 bits per heavy atom. The highest BCUT2D eigenvalue weighted by Crippen LogP contribution is 2.45. The van der Waals surface area contributed by atoms with E-state index in [4.69, 9.17) is 14.4 Å². The average molecular weight is 946 g/mol. The highest BCUT2D eigenvalue weighted by molar-refractivity contribution is 6.11. The van der Waals surface area contributed by atoms with Crippen LogP contribution in [0.2, 0.25) is 0 Å². The summed E-state index contributed by atoms with van der Waals surface area (Å²) in [5.74, 6) is 1.11. The number of furan rings is 1. The molecule has 12 rings (SSSR count). The van der Waals surface area contributed by atoms with Gasteiger partial charge in [-0.1, -0.05) is 191 Å². The van der Waals surface area contributed by atoms with E-state index >= 15 is 0 Å². The number of imidazole rings is 1. The molecular weight excluding hydrogens is 891 g/mol. The largest absolute Gasteiger partial charge is 0.455 e. The summed E-state index contributed by atoms with van der Waals surface area (Å²) in [6.45, 7) is 9.16. The molecule has 0 aliphatic rings. The van der Waals surface area contributed by atoms with Gasteiger partial charge in [-0.05, 0) is 139 Å². The van der Waals surface area contributed by atoms with Crippen molar-refractivity contribution in [2.75, 3.05) is 0 Å². The Balaban J connectivity index is 1.09. The SMILES string of the molecule is CC(C)c1cc(-c2ccc(-c3ccccc3)cc2)cc(C(C)C)c1-n1c(-c2cc(CC(O)(c3ccc(-c4ccccc4)cc3)c3ccccn3)cc3c2oc2ccc(-c4ccccc4)cc23)nc2ccccc21. The zero-order valence-electron chi connectivity index (χ0n) is 41.5. The van der Waals surface area contributed by atoms with Crippen LogP contribution < -0.4 is 0 Å². The van der Waals surface area contributed by atoms with Crippen LogP contribution in [0.3, 0.4) is 0 Å². The maximum Gasteiger partial charge on any atom is 0.149 e. The quantitative estimate of drug-likeness (QED) is 0.133. The van der Waals surface area contributed by atoms with Crippen LogP contribution in [0.15, 0.2) is 235 Å². The Hall–Kier alpha value is -8.64. The number of nitrogens with zero attached hydrogens (tertiary/aromatic N) is 3. The van der Waals surface area contributed by atoms with Gasteiger partial charge in [0.05, 0.1) is 28.0 Å². The van der Waals surface area contributed by atoms with Crippen LogP contribution in [0.1, 0.15) is 67.5 Å². The predicted octanol–water partition coefficient (Wildman–Crippen LogP) is 17.4. The molecule has 12 aromatic rings. The van der Waals surface area contributed by atoms with E-state index in [1.54, 1.807) is 6.20 Å². The minimum atomic E-state index is -1.50. The van der Waals surface area contributed by atoms with Crippen LogP contribution in [0, 0.1) is 0 Å². The molecule has 1 N–H and O–H groups in total. The van der Waals surface area contributed by atoms with Gasteiger partial charge in [0, 0.05) is 23.4 Å². The Labute approximate surface area is 426 Å². The number of rotatable bonds is 12. The molecule has 3 heterocycles. The lowest BCUT2D eigenvalue weighted by Gasteiger charge is -2.29. The minimum Gasteiger partial charge on any atom is -0.455 e. The maximum atomic E-state index is 13.4. The van der Waals surface area contributed by atoms with Gasteiger partial charge in [0.1, 0.15) is 22.6 Å².